The van der Waals surface area contributed by atoms with Crippen molar-refractivity contribution in [3.05, 3.63) is 53.9 Å². The molecule has 5 heteroatoms. The summed E-state index contributed by atoms with van der Waals surface area (Å²) < 4.78 is 0. The molecular formula is C13H8N2O3. The van der Waals surface area contributed by atoms with E-state index in [4.69, 9.17) is 0 Å². The van der Waals surface area contributed by atoms with Crippen LogP contribution in [0.15, 0.2) is 42.7 Å². The van der Waals surface area contributed by atoms with Gasteiger partial charge in [-0.05, 0) is 30.3 Å². The Labute approximate surface area is 102 Å². The van der Waals surface area contributed by atoms with Gasteiger partial charge in [0.2, 0.25) is 0 Å². The summed E-state index contributed by atoms with van der Waals surface area (Å²) >= 11 is 0. The molecule has 1 aliphatic rings. The van der Waals surface area contributed by atoms with Crippen molar-refractivity contribution in [1.29, 1.82) is 0 Å². The van der Waals surface area contributed by atoms with Crippen molar-refractivity contribution in [3.8, 4) is 5.75 Å². The van der Waals surface area contributed by atoms with Crippen LogP contribution in [0.5, 0.6) is 5.75 Å². The maximum Gasteiger partial charge on any atom is 0.267 e. The van der Waals surface area contributed by atoms with Gasteiger partial charge in [-0.25, -0.2) is 4.90 Å². The first-order chi connectivity index (χ1) is 8.68. The number of imide groups is 1. The number of rotatable bonds is 1. The van der Waals surface area contributed by atoms with Gasteiger partial charge in [-0.2, -0.15) is 0 Å². The molecule has 0 unspecified atom stereocenters. The molecule has 0 saturated carbocycles. The lowest BCUT2D eigenvalue weighted by atomic mass is 10.2. The fourth-order valence-electron chi connectivity index (χ4n) is 1.92. The van der Waals surface area contributed by atoms with E-state index in [1.165, 1.54) is 42.7 Å². The van der Waals surface area contributed by atoms with Crippen LogP contribution in [0.3, 0.4) is 0 Å². The molecule has 5 nitrogen and oxygen atoms in total. The van der Waals surface area contributed by atoms with Gasteiger partial charge in [0.1, 0.15) is 5.75 Å². The van der Waals surface area contributed by atoms with Crippen molar-refractivity contribution in [2.75, 3.05) is 4.90 Å². The highest BCUT2D eigenvalue weighted by molar-refractivity contribution is 6.34. The predicted molar refractivity (Wildman–Crippen MR) is 63.5 cm³/mol. The molecule has 18 heavy (non-hydrogen) atoms. The number of carbonyl (C=O) groups excluding carboxylic acids is 2. The number of hydrogen-bond donors (Lipinski definition) is 1. The summed E-state index contributed by atoms with van der Waals surface area (Å²) in [5.74, 6) is -0.686. The van der Waals surface area contributed by atoms with Crippen LogP contribution in [-0.4, -0.2) is 21.9 Å². The van der Waals surface area contributed by atoms with Crippen LogP contribution < -0.4 is 4.90 Å². The molecule has 0 bridgehead atoms. The zero-order valence-electron chi connectivity index (χ0n) is 9.20. The molecule has 2 amide bonds. The highest BCUT2D eigenvalue weighted by atomic mass is 16.3. The molecule has 0 spiro atoms. The first-order valence-corrected chi connectivity index (χ1v) is 5.30. The quantitative estimate of drug-likeness (QED) is 0.768. The zero-order chi connectivity index (χ0) is 12.7. The number of aromatic hydroxyl groups is 1. The highest BCUT2D eigenvalue weighted by Gasteiger charge is 2.36. The molecule has 0 radical (unpaired) electrons. The number of fused-ring (bicyclic) bond motifs is 1. The number of phenols is 1. The number of benzene rings is 1. The van der Waals surface area contributed by atoms with Gasteiger partial charge in [0, 0.05) is 12.4 Å². The second-order valence-electron chi connectivity index (χ2n) is 3.88. The minimum atomic E-state index is -0.395. The van der Waals surface area contributed by atoms with Crippen LogP contribution in [0.1, 0.15) is 20.7 Å². The number of pyridine rings is 1. The summed E-state index contributed by atoms with van der Waals surface area (Å²) in [6.07, 6.45) is 2.86. The van der Waals surface area contributed by atoms with Crippen molar-refractivity contribution in [2.24, 2.45) is 0 Å². The minimum absolute atomic E-state index is 0.0806. The van der Waals surface area contributed by atoms with Gasteiger partial charge in [0.25, 0.3) is 11.8 Å². The second kappa shape index (κ2) is 3.66. The number of aromatic nitrogens is 1. The first-order valence-electron chi connectivity index (χ1n) is 5.30. The van der Waals surface area contributed by atoms with E-state index in [0.29, 0.717) is 16.8 Å². The van der Waals surface area contributed by atoms with E-state index < -0.39 is 5.91 Å². The average Bonchev–Trinajstić information content (AvgIpc) is 2.64. The Morgan fingerprint density at radius 2 is 1.61 bits per heavy atom. The van der Waals surface area contributed by atoms with Gasteiger partial charge in [0.15, 0.2) is 0 Å². The van der Waals surface area contributed by atoms with Crippen molar-refractivity contribution in [3.63, 3.8) is 0 Å². The van der Waals surface area contributed by atoms with Crippen LogP contribution in [0, 0.1) is 0 Å². The molecule has 2 aromatic rings. The van der Waals surface area contributed by atoms with E-state index in [2.05, 4.69) is 4.98 Å². The predicted octanol–water partition coefficient (Wildman–Crippen LogP) is 1.59. The third kappa shape index (κ3) is 1.37. The molecule has 88 valence electrons. The SMILES string of the molecule is O=C1c2ccncc2C(=O)N1c1ccc(O)cc1. The number of hydrogen-bond acceptors (Lipinski definition) is 4. The van der Waals surface area contributed by atoms with Crippen LogP contribution >= 0.6 is 0 Å². The Bertz CT molecular complexity index is 615. The lowest BCUT2D eigenvalue weighted by Gasteiger charge is -2.13. The van der Waals surface area contributed by atoms with E-state index in [0.717, 1.165) is 4.90 Å². The van der Waals surface area contributed by atoms with Gasteiger partial charge >= 0.3 is 0 Å². The summed E-state index contributed by atoms with van der Waals surface area (Å²) in [7, 11) is 0. The van der Waals surface area contributed by atoms with Crippen molar-refractivity contribution < 1.29 is 14.7 Å². The van der Waals surface area contributed by atoms with Gasteiger partial charge in [-0.1, -0.05) is 0 Å². The molecule has 0 saturated heterocycles. The standard InChI is InChI=1S/C13H8N2O3/c16-9-3-1-8(2-4-9)15-12(17)10-5-6-14-7-11(10)13(15)18/h1-7,16H. The van der Waals surface area contributed by atoms with Gasteiger partial charge in [-0.15, -0.1) is 0 Å². The highest BCUT2D eigenvalue weighted by Crippen LogP contribution is 2.28. The third-order valence-corrected chi connectivity index (χ3v) is 2.80. The smallest absolute Gasteiger partial charge is 0.267 e. The fourth-order valence-corrected chi connectivity index (χ4v) is 1.92. The van der Waals surface area contributed by atoms with Gasteiger partial charge < -0.3 is 5.11 Å². The summed E-state index contributed by atoms with van der Waals surface area (Å²) in [5, 5.41) is 9.21. The summed E-state index contributed by atoms with van der Waals surface area (Å²) in [6.45, 7) is 0. The lowest BCUT2D eigenvalue weighted by molar-refractivity contribution is 0.0926. The Kier molecular flexibility index (Phi) is 2.13. The molecular weight excluding hydrogens is 232 g/mol. The molecule has 1 aromatic carbocycles. The van der Waals surface area contributed by atoms with E-state index in [1.807, 2.05) is 0 Å². The maximum atomic E-state index is 12.1. The first kappa shape index (κ1) is 10.5. The number of carbonyl (C=O) groups is 2. The zero-order valence-corrected chi connectivity index (χ0v) is 9.20. The Morgan fingerprint density at radius 1 is 0.944 bits per heavy atom. The molecule has 0 aliphatic carbocycles. The number of anilines is 1. The number of phenolic OH excluding ortho intramolecular Hbond substituents is 1. The van der Waals surface area contributed by atoms with Crippen LogP contribution in [0.4, 0.5) is 5.69 Å². The van der Waals surface area contributed by atoms with E-state index in [9.17, 15) is 14.7 Å². The molecule has 1 aliphatic heterocycles. The van der Waals surface area contributed by atoms with Gasteiger partial charge in [0.05, 0.1) is 16.8 Å². The van der Waals surface area contributed by atoms with E-state index >= 15 is 0 Å². The summed E-state index contributed by atoms with van der Waals surface area (Å²) in [4.78, 5) is 29.1. The second-order valence-corrected chi connectivity index (χ2v) is 3.88. The summed E-state index contributed by atoms with van der Waals surface area (Å²) in [5.41, 5.74) is 1.08. The molecule has 0 fully saturated rings. The van der Waals surface area contributed by atoms with Crippen LogP contribution in [-0.2, 0) is 0 Å². The summed E-state index contributed by atoms with van der Waals surface area (Å²) in [6, 6.07) is 7.42. The third-order valence-electron chi connectivity index (χ3n) is 2.80. The largest absolute Gasteiger partial charge is 0.508 e. The Balaban J connectivity index is 2.09. The Hall–Kier alpha value is -2.69. The van der Waals surface area contributed by atoms with Gasteiger partial charge in [-0.3, -0.25) is 14.6 Å². The number of nitrogens with zero attached hydrogens (tertiary/aromatic N) is 2. The van der Waals surface area contributed by atoms with Crippen molar-refractivity contribution in [1.82, 2.24) is 4.98 Å². The normalized spacial score (nSPS) is 13.9. The monoisotopic (exact) mass is 240 g/mol. The molecule has 2 heterocycles. The fraction of sp³-hybridized carbons (Fsp3) is 0. The molecule has 0 atom stereocenters. The maximum absolute atomic E-state index is 12.1. The van der Waals surface area contributed by atoms with Crippen LogP contribution in [0.2, 0.25) is 0 Å². The van der Waals surface area contributed by atoms with E-state index in [1.54, 1.807) is 0 Å². The number of amides is 2. The van der Waals surface area contributed by atoms with Crippen molar-refractivity contribution in [2.45, 2.75) is 0 Å². The Morgan fingerprint density at radius 3 is 2.28 bits per heavy atom. The minimum Gasteiger partial charge on any atom is -0.508 e. The van der Waals surface area contributed by atoms with Crippen LogP contribution in [0.25, 0.3) is 0 Å². The molecule has 1 aromatic heterocycles. The topological polar surface area (TPSA) is 70.5 Å². The molecule has 1 N–H and O–H groups in total. The van der Waals surface area contributed by atoms with E-state index in [-0.39, 0.29) is 11.7 Å². The lowest BCUT2D eigenvalue weighted by Crippen LogP contribution is -2.29. The molecule has 3 rings (SSSR count). The average molecular weight is 240 g/mol. The van der Waals surface area contributed by atoms with Crippen molar-refractivity contribution >= 4 is 17.5 Å².